The van der Waals surface area contributed by atoms with Crippen LogP contribution in [0.1, 0.15) is 30.1 Å². The maximum atomic E-state index is 11.6. The van der Waals surface area contributed by atoms with Crippen LogP contribution in [0.4, 0.5) is 0 Å². The molecule has 0 aliphatic rings. The van der Waals surface area contributed by atoms with E-state index in [0.717, 1.165) is 11.9 Å². The predicted octanol–water partition coefficient (Wildman–Crippen LogP) is 1.71. The molecule has 0 aliphatic heterocycles. The summed E-state index contributed by atoms with van der Waals surface area (Å²) in [5, 5.41) is 4.08. The molecule has 4 heteroatoms. The Morgan fingerprint density at radius 1 is 1.50 bits per heavy atom. The molecule has 0 saturated heterocycles. The normalized spacial score (nSPS) is 10.6. The number of hydrogen-bond acceptors (Lipinski definition) is 3. The maximum Gasteiger partial charge on any atom is 0.166 e. The first-order chi connectivity index (χ1) is 6.83. The quantitative estimate of drug-likeness (QED) is 0.690. The van der Waals surface area contributed by atoms with Gasteiger partial charge >= 0.3 is 0 Å². The lowest BCUT2D eigenvalue weighted by atomic mass is 10.1. The Labute approximate surface area is 81.6 Å². The number of aromatic nitrogens is 3. The molecule has 0 unspecified atom stereocenters. The van der Waals surface area contributed by atoms with Crippen LogP contribution in [-0.2, 0) is 0 Å². The molecule has 4 nitrogen and oxygen atoms in total. The predicted molar refractivity (Wildman–Crippen MR) is 52.2 cm³/mol. The SMILES string of the molecule is CCCC(=O)c1cnn2ccncc12. The van der Waals surface area contributed by atoms with Crippen molar-refractivity contribution < 1.29 is 4.79 Å². The highest BCUT2D eigenvalue weighted by Gasteiger charge is 2.10. The largest absolute Gasteiger partial charge is 0.294 e. The van der Waals surface area contributed by atoms with E-state index in [4.69, 9.17) is 0 Å². The molecule has 72 valence electrons. The van der Waals surface area contributed by atoms with E-state index in [2.05, 4.69) is 10.1 Å². The number of carbonyl (C=O) groups excluding carboxylic acids is 1. The average molecular weight is 189 g/mol. The first kappa shape index (κ1) is 8.87. The zero-order valence-corrected chi connectivity index (χ0v) is 7.97. The lowest BCUT2D eigenvalue weighted by Crippen LogP contribution is -1.97. The fourth-order valence-corrected chi connectivity index (χ4v) is 1.41. The van der Waals surface area contributed by atoms with Gasteiger partial charge in [-0.1, -0.05) is 6.92 Å². The first-order valence-corrected chi connectivity index (χ1v) is 4.63. The van der Waals surface area contributed by atoms with Gasteiger partial charge in [0.25, 0.3) is 0 Å². The van der Waals surface area contributed by atoms with Crippen LogP contribution in [0.25, 0.3) is 5.52 Å². The van der Waals surface area contributed by atoms with Gasteiger partial charge in [-0.2, -0.15) is 5.10 Å². The number of nitrogens with zero attached hydrogens (tertiary/aromatic N) is 3. The standard InChI is InChI=1S/C10H11N3O/c1-2-3-10(14)8-6-12-13-5-4-11-7-9(8)13/h4-7H,2-3H2,1H3. The zero-order valence-electron chi connectivity index (χ0n) is 7.97. The molecule has 14 heavy (non-hydrogen) atoms. The van der Waals surface area contributed by atoms with Crippen molar-refractivity contribution in [2.45, 2.75) is 19.8 Å². The van der Waals surface area contributed by atoms with Crippen LogP contribution in [0.15, 0.2) is 24.8 Å². The minimum Gasteiger partial charge on any atom is -0.294 e. The van der Waals surface area contributed by atoms with Gasteiger partial charge in [0, 0.05) is 18.8 Å². The van der Waals surface area contributed by atoms with Crippen molar-refractivity contribution in [3.05, 3.63) is 30.4 Å². The van der Waals surface area contributed by atoms with E-state index in [1.54, 1.807) is 29.3 Å². The first-order valence-electron chi connectivity index (χ1n) is 4.63. The van der Waals surface area contributed by atoms with Crippen LogP contribution in [0.2, 0.25) is 0 Å². The highest BCUT2D eigenvalue weighted by Crippen LogP contribution is 2.11. The molecule has 2 aromatic rings. The summed E-state index contributed by atoms with van der Waals surface area (Å²) in [6, 6.07) is 0. The van der Waals surface area contributed by atoms with Crippen LogP contribution in [0, 0.1) is 0 Å². The summed E-state index contributed by atoms with van der Waals surface area (Å²) in [5.74, 6) is 0.135. The van der Waals surface area contributed by atoms with Crippen molar-refractivity contribution >= 4 is 11.3 Å². The van der Waals surface area contributed by atoms with Gasteiger partial charge in [0.15, 0.2) is 5.78 Å². The summed E-state index contributed by atoms with van der Waals surface area (Å²) in [6.07, 6.45) is 8.07. The van der Waals surface area contributed by atoms with Crippen molar-refractivity contribution in [1.82, 2.24) is 14.6 Å². The molecule has 2 rings (SSSR count). The Hall–Kier alpha value is -1.71. The minimum absolute atomic E-state index is 0.135. The molecule has 0 aliphatic carbocycles. The van der Waals surface area contributed by atoms with Crippen molar-refractivity contribution in [3.63, 3.8) is 0 Å². The topological polar surface area (TPSA) is 47.3 Å². The minimum atomic E-state index is 0.135. The van der Waals surface area contributed by atoms with E-state index in [1.165, 1.54) is 0 Å². The highest BCUT2D eigenvalue weighted by atomic mass is 16.1. The van der Waals surface area contributed by atoms with Gasteiger partial charge < -0.3 is 0 Å². The molecule has 2 aromatic heterocycles. The lowest BCUT2D eigenvalue weighted by Gasteiger charge is -1.95. The molecule has 0 atom stereocenters. The van der Waals surface area contributed by atoms with Crippen molar-refractivity contribution in [2.24, 2.45) is 0 Å². The number of ketones is 1. The van der Waals surface area contributed by atoms with Crippen LogP contribution >= 0.6 is 0 Å². The summed E-state index contributed by atoms with van der Waals surface area (Å²) in [5.41, 5.74) is 1.45. The van der Waals surface area contributed by atoms with Crippen LogP contribution in [-0.4, -0.2) is 20.4 Å². The van der Waals surface area contributed by atoms with E-state index >= 15 is 0 Å². The van der Waals surface area contributed by atoms with E-state index in [1.807, 2.05) is 6.92 Å². The summed E-state index contributed by atoms with van der Waals surface area (Å²) in [7, 11) is 0. The van der Waals surface area contributed by atoms with Gasteiger partial charge in [-0.25, -0.2) is 4.52 Å². The van der Waals surface area contributed by atoms with E-state index in [-0.39, 0.29) is 5.78 Å². The molecule has 0 radical (unpaired) electrons. The third-order valence-corrected chi connectivity index (χ3v) is 2.10. The number of Topliss-reactive ketones (excluding diaryl/α,β-unsaturated/α-hetero) is 1. The third-order valence-electron chi connectivity index (χ3n) is 2.10. The Kier molecular flexibility index (Phi) is 2.26. The number of carbonyl (C=O) groups is 1. The summed E-state index contributed by atoms with van der Waals surface area (Å²) in [4.78, 5) is 15.6. The molecule has 0 aromatic carbocycles. The molecule has 0 N–H and O–H groups in total. The van der Waals surface area contributed by atoms with Gasteiger partial charge in [-0.15, -0.1) is 0 Å². The monoisotopic (exact) mass is 189 g/mol. The molecular weight excluding hydrogens is 178 g/mol. The van der Waals surface area contributed by atoms with E-state index in [0.29, 0.717) is 12.0 Å². The summed E-state index contributed by atoms with van der Waals surface area (Å²) < 4.78 is 1.66. The Morgan fingerprint density at radius 2 is 2.36 bits per heavy atom. The second-order valence-corrected chi connectivity index (χ2v) is 3.14. The molecule has 0 spiro atoms. The van der Waals surface area contributed by atoms with Gasteiger partial charge in [0.2, 0.25) is 0 Å². The zero-order chi connectivity index (χ0) is 9.97. The van der Waals surface area contributed by atoms with Gasteiger partial charge in [0.1, 0.15) is 0 Å². The Bertz CT molecular complexity index is 461. The van der Waals surface area contributed by atoms with Gasteiger partial charge in [0.05, 0.1) is 23.5 Å². The second-order valence-electron chi connectivity index (χ2n) is 3.14. The van der Waals surface area contributed by atoms with E-state index < -0.39 is 0 Å². The van der Waals surface area contributed by atoms with Crippen LogP contribution < -0.4 is 0 Å². The maximum absolute atomic E-state index is 11.6. The average Bonchev–Trinajstić information content (AvgIpc) is 2.61. The summed E-state index contributed by atoms with van der Waals surface area (Å²) in [6.45, 7) is 1.99. The van der Waals surface area contributed by atoms with Crippen LogP contribution in [0.5, 0.6) is 0 Å². The molecular formula is C10H11N3O. The second kappa shape index (κ2) is 3.57. The van der Waals surface area contributed by atoms with Crippen molar-refractivity contribution in [1.29, 1.82) is 0 Å². The number of hydrogen-bond donors (Lipinski definition) is 0. The molecule has 0 fully saturated rings. The molecule has 0 bridgehead atoms. The van der Waals surface area contributed by atoms with Gasteiger partial charge in [-0.3, -0.25) is 9.78 Å². The lowest BCUT2D eigenvalue weighted by molar-refractivity contribution is 0.0983. The number of rotatable bonds is 3. The molecule has 0 saturated carbocycles. The smallest absolute Gasteiger partial charge is 0.166 e. The summed E-state index contributed by atoms with van der Waals surface area (Å²) >= 11 is 0. The van der Waals surface area contributed by atoms with Crippen LogP contribution in [0.3, 0.4) is 0 Å². The Morgan fingerprint density at radius 3 is 3.14 bits per heavy atom. The molecule has 2 heterocycles. The van der Waals surface area contributed by atoms with Gasteiger partial charge in [-0.05, 0) is 6.42 Å². The third kappa shape index (κ3) is 1.39. The highest BCUT2D eigenvalue weighted by molar-refractivity contribution is 6.01. The molecule has 0 amide bonds. The van der Waals surface area contributed by atoms with Crippen molar-refractivity contribution in [2.75, 3.05) is 0 Å². The Balaban J connectivity index is 2.47. The fraction of sp³-hybridized carbons (Fsp3) is 0.300. The fourth-order valence-electron chi connectivity index (χ4n) is 1.41. The number of fused-ring (bicyclic) bond motifs is 1. The van der Waals surface area contributed by atoms with E-state index in [9.17, 15) is 4.79 Å². The van der Waals surface area contributed by atoms with Crippen molar-refractivity contribution in [3.8, 4) is 0 Å².